The Bertz CT molecular complexity index is 252. The van der Waals surface area contributed by atoms with Crippen LogP contribution in [0.25, 0.3) is 0 Å². The molecule has 92 valence electrons. The Morgan fingerprint density at radius 3 is 2.56 bits per heavy atom. The zero-order valence-corrected chi connectivity index (χ0v) is 9.99. The molecule has 0 fully saturated rings. The van der Waals surface area contributed by atoms with Crippen molar-refractivity contribution in [1.29, 1.82) is 0 Å². The van der Waals surface area contributed by atoms with Gasteiger partial charge >= 0.3 is 5.97 Å². The molecule has 0 bridgehead atoms. The van der Waals surface area contributed by atoms with E-state index in [-0.39, 0.29) is 5.91 Å². The van der Waals surface area contributed by atoms with Gasteiger partial charge in [-0.2, -0.15) is 0 Å². The number of hydrogen-bond acceptors (Lipinski definition) is 4. The number of carbonyl (C=O) groups excluding carboxylic acids is 2. The van der Waals surface area contributed by atoms with Crippen LogP contribution >= 0.6 is 0 Å². The second-order valence-electron chi connectivity index (χ2n) is 3.25. The number of rotatable bonds is 7. The van der Waals surface area contributed by atoms with E-state index in [0.29, 0.717) is 13.2 Å². The van der Waals surface area contributed by atoms with Gasteiger partial charge in [-0.25, -0.2) is 4.79 Å². The minimum absolute atomic E-state index is 0.293. The molecule has 0 aromatic rings. The minimum atomic E-state index is -0.665. The molecule has 0 saturated carbocycles. The Morgan fingerprint density at radius 1 is 1.44 bits per heavy atom. The molecule has 0 saturated heterocycles. The van der Waals surface area contributed by atoms with E-state index in [1.54, 1.807) is 26.8 Å². The van der Waals surface area contributed by atoms with E-state index >= 15 is 0 Å². The molecule has 16 heavy (non-hydrogen) atoms. The maximum Gasteiger partial charge on any atom is 0.328 e. The van der Waals surface area contributed by atoms with Gasteiger partial charge in [0.15, 0.2) is 0 Å². The molecule has 0 aliphatic rings. The molecule has 0 spiro atoms. The molecule has 0 radical (unpaired) electrons. The summed E-state index contributed by atoms with van der Waals surface area (Å²) in [7, 11) is 0. The number of nitrogens with one attached hydrogen (secondary N) is 1. The number of esters is 1. The van der Waals surface area contributed by atoms with Gasteiger partial charge in [-0.05, 0) is 20.8 Å². The van der Waals surface area contributed by atoms with Crippen LogP contribution in [0, 0.1) is 0 Å². The lowest BCUT2D eigenvalue weighted by Crippen LogP contribution is -2.44. The standard InChI is InChI=1S/C11H19NO4/c1-5-7-16-9(4)10(13)12-8(3)11(14)15-6-2/h5,8-9H,1,6-7H2,2-4H3,(H,12,13). The zero-order valence-electron chi connectivity index (χ0n) is 9.99. The van der Waals surface area contributed by atoms with Gasteiger partial charge in [-0.3, -0.25) is 4.79 Å². The fraction of sp³-hybridized carbons (Fsp3) is 0.636. The lowest BCUT2D eigenvalue weighted by molar-refractivity contribution is -0.148. The van der Waals surface area contributed by atoms with Crippen LogP contribution < -0.4 is 5.32 Å². The molecule has 2 atom stereocenters. The van der Waals surface area contributed by atoms with Crippen LogP contribution in [0.3, 0.4) is 0 Å². The predicted molar refractivity (Wildman–Crippen MR) is 59.8 cm³/mol. The summed E-state index contributed by atoms with van der Waals surface area (Å²) in [6, 6.07) is -0.665. The van der Waals surface area contributed by atoms with Crippen molar-refractivity contribution in [3.8, 4) is 0 Å². The highest BCUT2D eigenvalue weighted by molar-refractivity contribution is 5.86. The van der Waals surface area contributed by atoms with Gasteiger partial charge in [0.2, 0.25) is 5.91 Å². The summed E-state index contributed by atoms with van der Waals surface area (Å²) in [5.74, 6) is -0.797. The van der Waals surface area contributed by atoms with Gasteiger partial charge in [-0.1, -0.05) is 6.08 Å². The van der Waals surface area contributed by atoms with Crippen LogP contribution in [-0.2, 0) is 19.1 Å². The summed E-state index contributed by atoms with van der Waals surface area (Å²) >= 11 is 0. The van der Waals surface area contributed by atoms with Gasteiger partial charge in [0.1, 0.15) is 12.1 Å². The maximum absolute atomic E-state index is 11.5. The van der Waals surface area contributed by atoms with Crippen molar-refractivity contribution >= 4 is 11.9 Å². The van der Waals surface area contributed by atoms with Gasteiger partial charge in [0.25, 0.3) is 0 Å². The summed E-state index contributed by atoms with van der Waals surface area (Å²) < 4.78 is 9.87. The van der Waals surface area contributed by atoms with Crippen molar-refractivity contribution in [3.05, 3.63) is 12.7 Å². The van der Waals surface area contributed by atoms with E-state index in [9.17, 15) is 9.59 Å². The molecule has 2 unspecified atom stereocenters. The molecule has 0 aromatic carbocycles. The Balaban J connectivity index is 4.02. The van der Waals surface area contributed by atoms with Crippen molar-refractivity contribution < 1.29 is 19.1 Å². The molecule has 1 amide bonds. The Hall–Kier alpha value is -1.36. The maximum atomic E-state index is 11.5. The first kappa shape index (κ1) is 14.6. The molecule has 0 aromatic heterocycles. The molecule has 5 nitrogen and oxygen atoms in total. The molecule has 5 heteroatoms. The van der Waals surface area contributed by atoms with E-state index in [2.05, 4.69) is 11.9 Å². The molecular weight excluding hydrogens is 210 g/mol. The SMILES string of the molecule is C=CCOC(C)C(=O)NC(C)C(=O)OCC. The smallest absolute Gasteiger partial charge is 0.328 e. The first-order valence-electron chi connectivity index (χ1n) is 5.22. The number of ether oxygens (including phenoxy) is 2. The van der Waals surface area contributed by atoms with Gasteiger partial charge in [-0.15, -0.1) is 6.58 Å². The largest absolute Gasteiger partial charge is 0.464 e. The van der Waals surface area contributed by atoms with Gasteiger partial charge in [0.05, 0.1) is 13.2 Å². The Labute approximate surface area is 95.8 Å². The molecule has 0 aliphatic heterocycles. The Kier molecular flexibility index (Phi) is 7.20. The highest BCUT2D eigenvalue weighted by Crippen LogP contribution is 1.94. The van der Waals surface area contributed by atoms with Gasteiger partial charge < -0.3 is 14.8 Å². The average molecular weight is 229 g/mol. The fourth-order valence-electron chi connectivity index (χ4n) is 0.945. The quantitative estimate of drug-likeness (QED) is 0.514. The third-order valence-electron chi connectivity index (χ3n) is 1.83. The van der Waals surface area contributed by atoms with Crippen LogP contribution in [0.15, 0.2) is 12.7 Å². The Morgan fingerprint density at radius 2 is 2.06 bits per heavy atom. The monoisotopic (exact) mass is 229 g/mol. The summed E-state index contributed by atoms with van der Waals surface area (Å²) in [5, 5.41) is 2.50. The van der Waals surface area contributed by atoms with Crippen LogP contribution in [0.5, 0.6) is 0 Å². The number of amides is 1. The average Bonchev–Trinajstić information content (AvgIpc) is 2.25. The number of carbonyl (C=O) groups is 2. The van der Waals surface area contributed by atoms with Crippen LogP contribution in [0.1, 0.15) is 20.8 Å². The zero-order chi connectivity index (χ0) is 12.6. The van der Waals surface area contributed by atoms with Crippen molar-refractivity contribution in [2.75, 3.05) is 13.2 Å². The van der Waals surface area contributed by atoms with Crippen LogP contribution in [0.2, 0.25) is 0 Å². The number of hydrogen-bond donors (Lipinski definition) is 1. The van der Waals surface area contributed by atoms with Crippen molar-refractivity contribution in [1.82, 2.24) is 5.32 Å². The fourth-order valence-corrected chi connectivity index (χ4v) is 0.945. The van der Waals surface area contributed by atoms with Gasteiger partial charge in [0, 0.05) is 0 Å². The molecule has 0 heterocycles. The lowest BCUT2D eigenvalue weighted by atomic mass is 10.3. The molecule has 0 rings (SSSR count). The van der Waals surface area contributed by atoms with E-state index in [1.807, 2.05) is 0 Å². The first-order valence-corrected chi connectivity index (χ1v) is 5.22. The molecule has 0 aliphatic carbocycles. The van der Waals surface area contributed by atoms with Crippen LogP contribution in [-0.4, -0.2) is 37.2 Å². The van der Waals surface area contributed by atoms with Crippen molar-refractivity contribution in [3.63, 3.8) is 0 Å². The molecule has 1 N–H and O–H groups in total. The third kappa shape index (κ3) is 5.50. The van der Waals surface area contributed by atoms with Crippen molar-refractivity contribution in [2.24, 2.45) is 0 Å². The van der Waals surface area contributed by atoms with E-state index in [1.165, 1.54) is 0 Å². The van der Waals surface area contributed by atoms with Crippen LogP contribution in [0.4, 0.5) is 0 Å². The normalized spacial score (nSPS) is 13.7. The minimum Gasteiger partial charge on any atom is -0.464 e. The predicted octanol–water partition coefficient (Wildman–Crippen LogP) is 0.645. The van der Waals surface area contributed by atoms with E-state index in [0.717, 1.165) is 0 Å². The van der Waals surface area contributed by atoms with Crippen molar-refractivity contribution in [2.45, 2.75) is 32.9 Å². The second-order valence-corrected chi connectivity index (χ2v) is 3.25. The summed E-state index contributed by atoms with van der Waals surface area (Å²) in [6.07, 6.45) is 0.938. The highest BCUT2D eigenvalue weighted by Gasteiger charge is 2.20. The summed E-state index contributed by atoms with van der Waals surface area (Å²) in [5.41, 5.74) is 0. The summed E-state index contributed by atoms with van der Waals surface area (Å²) in [4.78, 5) is 22.7. The lowest BCUT2D eigenvalue weighted by Gasteiger charge is -2.16. The molecular formula is C11H19NO4. The second kappa shape index (κ2) is 7.87. The summed E-state index contributed by atoms with van der Waals surface area (Å²) in [6.45, 7) is 8.95. The third-order valence-corrected chi connectivity index (χ3v) is 1.83. The van der Waals surface area contributed by atoms with E-state index in [4.69, 9.17) is 9.47 Å². The topological polar surface area (TPSA) is 64.6 Å². The highest BCUT2D eigenvalue weighted by atomic mass is 16.5. The first-order chi connectivity index (χ1) is 7.52. The van der Waals surface area contributed by atoms with E-state index < -0.39 is 18.1 Å².